The van der Waals surface area contributed by atoms with Crippen molar-refractivity contribution in [2.45, 2.75) is 96.9 Å². The number of hydrogen-bond donors (Lipinski definition) is 4. The molecule has 0 aromatic heterocycles. The summed E-state index contributed by atoms with van der Waals surface area (Å²) in [6.45, 7) is 6.72. The van der Waals surface area contributed by atoms with Gasteiger partial charge in [-0.1, -0.05) is 20.8 Å². The van der Waals surface area contributed by atoms with E-state index in [9.17, 15) is 20.1 Å². The number of aliphatic hydroxyl groups is 3. The molecule has 5 nitrogen and oxygen atoms in total. The minimum absolute atomic E-state index is 0.0957. The second-order valence-corrected chi connectivity index (χ2v) is 11.4. The van der Waals surface area contributed by atoms with Crippen LogP contribution in [0.5, 0.6) is 0 Å². The van der Waals surface area contributed by atoms with Gasteiger partial charge in [0.2, 0.25) is 0 Å². The van der Waals surface area contributed by atoms with Gasteiger partial charge in [0.1, 0.15) is 0 Å². The zero-order chi connectivity index (χ0) is 21.1. The van der Waals surface area contributed by atoms with Gasteiger partial charge >= 0.3 is 5.97 Å². The molecular weight excluding hydrogens is 368 g/mol. The predicted octanol–water partition coefficient (Wildman–Crippen LogP) is 3.45. The first-order chi connectivity index (χ1) is 13.6. The van der Waals surface area contributed by atoms with Crippen molar-refractivity contribution in [2.24, 2.45) is 46.3 Å². The first kappa shape index (κ1) is 21.6. The third-order valence-electron chi connectivity index (χ3n) is 10.3. The van der Waals surface area contributed by atoms with Crippen LogP contribution in [-0.4, -0.2) is 44.7 Å². The molecule has 4 aliphatic carbocycles. The fourth-order valence-electron chi connectivity index (χ4n) is 8.68. The minimum Gasteiger partial charge on any atom is -0.481 e. The fraction of sp³-hybridized carbons (Fsp3) is 0.958. The molecule has 4 fully saturated rings. The van der Waals surface area contributed by atoms with Crippen molar-refractivity contribution in [3.05, 3.63) is 0 Å². The Labute approximate surface area is 174 Å². The number of carboxylic acid groups (broad SMARTS) is 1. The van der Waals surface area contributed by atoms with E-state index in [0.717, 1.165) is 44.9 Å². The van der Waals surface area contributed by atoms with Gasteiger partial charge in [-0.2, -0.15) is 0 Å². The molecule has 4 saturated carbocycles. The summed E-state index contributed by atoms with van der Waals surface area (Å²) in [6, 6.07) is 0. The number of carbonyl (C=O) groups is 1. The van der Waals surface area contributed by atoms with Crippen molar-refractivity contribution >= 4 is 5.97 Å². The maximum atomic E-state index is 11.5. The Morgan fingerprint density at radius 3 is 2.45 bits per heavy atom. The van der Waals surface area contributed by atoms with E-state index >= 15 is 0 Å². The molecule has 4 rings (SSSR count). The molecule has 29 heavy (non-hydrogen) atoms. The number of rotatable bonds is 4. The number of fused-ring (bicyclic) bond motifs is 5. The van der Waals surface area contributed by atoms with Crippen molar-refractivity contribution < 1.29 is 25.2 Å². The molecular formula is C24H40O5. The van der Waals surface area contributed by atoms with E-state index in [2.05, 4.69) is 20.8 Å². The van der Waals surface area contributed by atoms with E-state index in [1.54, 1.807) is 0 Å². The molecule has 0 aromatic rings. The molecule has 0 bridgehead atoms. The maximum Gasteiger partial charge on any atom is 0.303 e. The highest BCUT2D eigenvalue weighted by Gasteiger charge is 2.65. The average molecular weight is 409 g/mol. The van der Waals surface area contributed by atoms with E-state index in [0.29, 0.717) is 30.1 Å². The van der Waals surface area contributed by atoms with Gasteiger partial charge in [-0.05, 0) is 97.7 Å². The largest absolute Gasteiger partial charge is 0.481 e. The van der Waals surface area contributed by atoms with Gasteiger partial charge in [0, 0.05) is 6.42 Å². The number of hydrogen-bond acceptors (Lipinski definition) is 4. The Morgan fingerprint density at radius 1 is 1.03 bits per heavy atom. The summed E-state index contributed by atoms with van der Waals surface area (Å²) in [5.41, 5.74) is -0.143. The van der Waals surface area contributed by atoms with Gasteiger partial charge in [0.25, 0.3) is 0 Å². The third kappa shape index (κ3) is 3.27. The van der Waals surface area contributed by atoms with Crippen LogP contribution in [-0.2, 0) is 4.79 Å². The van der Waals surface area contributed by atoms with Crippen LogP contribution in [0.15, 0.2) is 0 Å². The topological polar surface area (TPSA) is 98.0 Å². The zero-order valence-electron chi connectivity index (χ0n) is 18.3. The Balaban J connectivity index is 1.61. The van der Waals surface area contributed by atoms with E-state index < -0.39 is 12.1 Å². The van der Waals surface area contributed by atoms with Crippen LogP contribution in [0, 0.1) is 46.3 Å². The maximum absolute atomic E-state index is 11.5. The minimum atomic E-state index is -0.748. The Bertz CT molecular complexity index is 637. The number of carboxylic acids is 1. The van der Waals surface area contributed by atoms with Gasteiger partial charge in [-0.3, -0.25) is 4.79 Å². The van der Waals surface area contributed by atoms with E-state index in [-0.39, 0.29) is 41.3 Å². The first-order valence-electron chi connectivity index (χ1n) is 11.8. The SMILES string of the molecule is C[C@H](CCC(=O)O)C1CCC2C3C(C[C@H](O)[C@@]21C)[C@@]1(C)CC[C@@H](O)C[C@H]1C[C@@H]3O. The summed E-state index contributed by atoms with van der Waals surface area (Å²) in [6.07, 6.45) is 6.00. The third-order valence-corrected chi connectivity index (χ3v) is 10.3. The standard InChI is InChI=1S/C24H40O5/c1-13(4-7-21(28)29)16-5-6-17-22-18(12-20(27)24(16,17)3)23(2)9-8-15(25)10-14(23)11-19(22)26/h13-20,22,25-27H,4-12H2,1-3H3,(H,28,29)/t13-,14+,15-,16?,17?,18?,19+,20+,22?,23+,24-/m1/s1. The molecule has 166 valence electrons. The molecule has 4 unspecified atom stereocenters. The fourth-order valence-corrected chi connectivity index (χ4v) is 8.68. The van der Waals surface area contributed by atoms with Crippen LogP contribution in [0.2, 0.25) is 0 Å². The highest BCUT2D eigenvalue weighted by molar-refractivity contribution is 5.66. The van der Waals surface area contributed by atoms with Gasteiger partial charge < -0.3 is 20.4 Å². The van der Waals surface area contributed by atoms with Gasteiger partial charge in [-0.15, -0.1) is 0 Å². The van der Waals surface area contributed by atoms with Gasteiger partial charge in [-0.25, -0.2) is 0 Å². The molecule has 0 radical (unpaired) electrons. The highest BCUT2D eigenvalue weighted by Crippen LogP contribution is 2.68. The molecule has 5 heteroatoms. The Hall–Kier alpha value is -0.650. The Morgan fingerprint density at radius 2 is 1.76 bits per heavy atom. The number of aliphatic carboxylic acids is 1. The quantitative estimate of drug-likeness (QED) is 0.571. The summed E-state index contributed by atoms with van der Waals surface area (Å²) in [4.78, 5) is 11.1. The van der Waals surface area contributed by atoms with Crippen LogP contribution in [0.25, 0.3) is 0 Å². The summed E-state index contributed by atoms with van der Waals surface area (Å²) < 4.78 is 0. The van der Waals surface area contributed by atoms with E-state index in [4.69, 9.17) is 5.11 Å². The second-order valence-electron chi connectivity index (χ2n) is 11.4. The van der Waals surface area contributed by atoms with E-state index in [1.165, 1.54) is 0 Å². The van der Waals surface area contributed by atoms with Gasteiger partial charge in [0.05, 0.1) is 18.3 Å². The first-order valence-corrected chi connectivity index (χ1v) is 11.8. The lowest BCUT2D eigenvalue weighted by Gasteiger charge is -2.63. The molecule has 0 spiro atoms. The summed E-state index contributed by atoms with van der Waals surface area (Å²) in [5, 5.41) is 42.0. The summed E-state index contributed by atoms with van der Waals surface area (Å²) in [7, 11) is 0. The van der Waals surface area contributed by atoms with Crippen LogP contribution < -0.4 is 0 Å². The van der Waals surface area contributed by atoms with Crippen molar-refractivity contribution in [3.8, 4) is 0 Å². The monoisotopic (exact) mass is 408 g/mol. The average Bonchev–Trinajstić information content (AvgIpc) is 3.01. The predicted molar refractivity (Wildman–Crippen MR) is 110 cm³/mol. The van der Waals surface area contributed by atoms with E-state index in [1.807, 2.05) is 0 Å². The Kier molecular flexibility index (Phi) is 5.57. The van der Waals surface area contributed by atoms with Crippen LogP contribution in [0.1, 0.15) is 78.6 Å². The van der Waals surface area contributed by atoms with Crippen LogP contribution in [0.3, 0.4) is 0 Å². The van der Waals surface area contributed by atoms with Crippen molar-refractivity contribution in [2.75, 3.05) is 0 Å². The molecule has 0 saturated heterocycles. The van der Waals surface area contributed by atoms with Gasteiger partial charge in [0.15, 0.2) is 0 Å². The second kappa shape index (κ2) is 7.49. The number of aliphatic hydroxyl groups excluding tert-OH is 3. The van der Waals surface area contributed by atoms with Crippen LogP contribution in [0.4, 0.5) is 0 Å². The molecule has 11 atom stereocenters. The molecule has 4 N–H and O–H groups in total. The smallest absolute Gasteiger partial charge is 0.303 e. The van der Waals surface area contributed by atoms with Crippen LogP contribution >= 0.6 is 0 Å². The molecule has 0 aliphatic heterocycles. The molecule has 0 amide bonds. The highest BCUT2D eigenvalue weighted by atomic mass is 16.4. The van der Waals surface area contributed by atoms with Crippen molar-refractivity contribution in [1.29, 1.82) is 0 Å². The lowest BCUT2D eigenvalue weighted by molar-refractivity contribution is -0.207. The molecule has 0 heterocycles. The molecule has 0 aromatic carbocycles. The van der Waals surface area contributed by atoms with Crippen molar-refractivity contribution in [1.82, 2.24) is 0 Å². The lowest BCUT2D eigenvalue weighted by Crippen LogP contribution is -2.62. The normalized spacial score (nSPS) is 52.9. The lowest BCUT2D eigenvalue weighted by atomic mass is 9.43. The zero-order valence-corrected chi connectivity index (χ0v) is 18.3. The summed E-state index contributed by atoms with van der Waals surface area (Å²) in [5.74, 6) is 0.997. The van der Waals surface area contributed by atoms with Crippen molar-refractivity contribution in [3.63, 3.8) is 0 Å². The molecule has 4 aliphatic rings. The summed E-state index contributed by atoms with van der Waals surface area (Å²) >= 11 is 0.